The van der Waals surface area contributed by atoms with Crippen LogP contribution in [0.15, 0.2) is 0 Å². The van der Waals surface area contributed by atoms with Crippen molar-refractivity contribution in [3.8, 4) is 0 Å². The molecule has 1 aliphatic carbocycles. The lowest BCUT2D eigenvalue weighted by atomic mass is 9.99. The summed E-state index contributed by atoms with van der Waals surface area (Å²) in [6.45, 7) is 4.78. The molecular formula is C13H21N5O. The van der Waals surface area contributed by atoms with Crippen molar-refractivity contribution in [2.45, 2.75) is 38.6 Å². The smallest absolute Gasteiger partial charge is 0.293 e. The molecule has 1 aromatic rings. The standard InChI is InChI=1S/C13H21N5O/c1-9-15-12(17-16-9)13(19)18(11-4-5-11)8-10-3-2-6-14-7-10/h10-11,14H,2-8H2,1H3,(H,15,16,17). The Morgan fingerprint density at radius 2 is 2.26 bits per heavy atom. The highest BCUT2D eigenvalue weighted by atomic mass is 16.2. The quantitative estimate of drug-likeness (QED) is 0.839. The summed E-state index contributed by atoms with van der Waals surface area (Å²) in [5.41, 5.74) is 0. The average molecular weight is 263 g/mol. The van der Waals surface area contributed by atoms with Gasteiger partial charge in [-0.3, -0.25) is 9.89 Å². The number of carbonyl (C=O) groups excluding carboxylic acids is 1. The molecule has 0 bridgehead atoms. The molecule has 2 aliphatic rings. The number of rotatable bonds is 4. The number of carbonyl (C=O) groups is 1. The molecule has 6 nitrogen and oxygen atoms in total. The minimum atomic E-state index is -0.0163. The number of nitrogens with one attached hydrogen (secondary N) is 2. The predicted molar refractivity (Wildman–Crippen MR) is 70.8 cm³/mol. The second kappa shape index (κ2) is 5.28. The van der Waals surface area contributed by atoms with E-state index in [0.29, 0.717) is 23.6 Å². The summed E-state index contributed by atoms with van der Waals surface area (Å²) in [4.78, 5) is 18.6. The maximum atomic E-state index is 12.5. The molecule has 0 spiro atoms. The van der Waals surface area contributed by atoms with E-state index >= 15 is 0 Å². The van der Waals surface area contributed by atoms with Crippen LogP contribution in [-0.4, -0.2) is 51.7 Å². The lowest BCUT2D eigenvalue weighted by molar-refractivity contribution is 0.0692. The average Bonchev–Trinajstić information content (AvgIpc) is 3.18. The lowest BCUT2D eigenvalue weighted by Gasteiger charge is -2.29. The van der Waals surface area contributed by atoms with E-state index in [1.165, 1.54) is 12.8 Å². The van der Waals surface area contributed by atoms with Crippen LogP contribution in [0, 0.1) is 12.8 Å². The fraction of sp³-hybridized carbons (Fsp3) is 0.769. The monoisotopic (exact) mass is 263 g/mol. The summed E-state index contributed by atoms with van der Waals surface area (Å²) in [5.74, 6) is 1.56. The maximum absolute atomic E-state index is 12.5. The molecule has 2 N–H and O–H groups in total. The van der Waals surface area contributed by atoms with Crippen molar-refractivity contribution in [2.75, 3.05) is 19.6 Å². The minimum absolute atomic E-state index is 0.0163. The number of H-pyrrole nitrogens is 1. The number of amides is 1. The molecule has 0 aromatic carbocycles. The van der Waals surface area contributed by atoms with Gasteiger partial charge in [0.1, 0.15) is 5.82 Å². The number of nitrogens with zero attached hydrogens (tertiary/aromatic N) is 3. The van der Waals surface area contributed by atoms with E-state index in [4.69, 9.17) is 0 Å². The van der Waals surface area contributed by atoms with Crippen LogP contribution in [0.25, 0.3) is 0 Å². The van der Waals surface area contributed by atoms with Gasteiger partial charge in [-0.25, -0.2) is 4.98 Å². The van der Waals surface area contributed by atoms with E-state index in [2.05, 4.69) is 20.5 Å². The van der Waals surface area contributed by atoms with Crippen molar-refractivity contribution >= 4 is 5.91 Å². The van der Waals surface area contributed by atoms with Crippen molar-refractivity contribution in [2.24, 2.45) is 5.92 Å². The number of piperidine rings is 1. The molecule has 1 aromatic heterocycles. The Morgan fingerprint density at radius 3 is 2.84 bits per heavy atom. The zero-order valence-corrected chi connectivity index (χ0v) is 11.4. The Hall–Kier alpha value is -1.43. The molecule has 1 unspecified atom stereocenters. The van der Waals surface area contributed by atoms with Crippen LogP contribution in [0.3, 0.4) is 0 Å². The summed E-state index contributed by atoms with van der Waals surface area (Å²) in [7, 11) is 0. The molecule has 1 aliphatic heterocycles. The molecule has 104 valence electrons. The largest absolute Gasteiger partial charge is 0.333 e. The molecule has 0 radical (unpaired) electrons. The SMILES string of the molecule is Cc1nc(C(=O)N(CC2CCCNC2)C2CC2)n[nH]1. The highest BCUT2D eigenvalue weighted by molar-refractivity contribution is 5.90. The first kappa shape index (κ1) is 12.6. The van der Waals surface area contributed by atoms with Gasteiger partial charge in [-0.1, -0.05) is 0 Å². The first-order valence-corrected chi connectivity index (χ1v) is 7.14. The number of hydrogen-bond acceptors (Lipinski definition) is 4. The van der Waals surface area contributed by atoms with Crippen molar-refractivity contribution in [3.63, 3.8) is 0 Å². The second-order valence-electron chi connectivity index (χ2n) is 5.65. The number of hydrogen-bond donors (Lipinski definition) is 2. The van der Waals surface area contributed by atoms with Gasteiger partial charge in [0.05, 0.1) is 0 Å². The molecule has 1 saturated carbocycles. The highest BCUT2D eigenvalue weighted by Crippen LogP contribution is 2.29. The topological polar surface area (TPSA) is 73.9 Å². The minimum Gasteiger partial charge on any atom is -0.333 e. The van der Waals surface area contributed by atoms with Crippen LogP contribution in [0.5, 0.6) is 0 Å². The third-order valence-electron chi connectivity index (χ3n) is 3.89. The summed E-state index contributed by atoms with van der Waals surface area (Å²) < 4.78 is 0. The van der Waals surface area contributed by atoms with Gasteiger partial charge < -0.3 is 10.2 Å². The normalized spacial score (nSPS) is 23.3. The van der Waals surface area contributed by atoms with E-state index in [1.807, 2.05) is 11.8 Å². The Bertz CT molecular complexity index is 448. The maximum Gasteiger partial charge on any atom is 0.293 e. The zero-order valence-electron chi connectivity index (χ0n) is 11.4. The van der Waals surface area contributed by atoms with Gasteiger partial charge in [0.25, 0.3) is 5.91 Å². The van der Waals surface area contributed by atoms with E-state index in [0.717, 1.165) is 32.5 Å². The van der Waals surface area contributed by atoms with Crippen molar-refractivity contribution in [1.82, 2.24) is 25.4 Å². The zero-order chi connectivity index (χ0) is 13.2. The van der Waals surface area contributed by atoms with Crippen molar-refractivity contribution in [1.29, 1.82) is 0 Å². The molecular weight excluding hydrogens is 242 g/mol. The first-order valence-electron chi connectivity index (χ1n) is 7.14. The lowest BCUT2D eigenvalue weighted by Crippen LogP contribution is -2.42. The summed E-state index contributed by atoms with van der Waals surface area (Å²) in [6, 6.07) is 0.410. The molecule has 6 heteroatoms. The van der Waals surface area contributed by atoms with Gasteiger partial charge in [-0.05, 0) is 51.6 Å². The molecule has 1 atom stereocenters. The van der Waals surface area contributed by atoms with Crippen LogP contribution >= 0.6 is 0 Å². The van der Waals surface area contributed by atoms with Crippen LogP contribution in [0.4, 0.5) is 0 Å². The van der Waals surface area contributed by atoms with Crippen LogP contribution in [0.2, 0.25) is 0 Å². The van der Waals surface area contributed by atoms with E-state index in [-0.39, 0.29) is 5.91 Å². The third-order valence-corrected chi connectivity index (χ3v) is 3.89. The Kier molecular flexibility index (Phi) is 3.50. The number of aromatic nitrogens is 3. The van der Waals surface area contributed by atoms with E-state index in [1.54, 1.807) is 0 Å². The molecule has 1 amide bonds. The Labute approximate surface area is 113 Å². The van der Waals surface area contributed by atoms with Gasteiger partial charge in [0.15, 0.2) is 0 Å². The summed E-state index contributed by atoms with van der Waals surface area (Å²) in [5, 5.41) is 10.2. The Morgan fingerprint density at radius 1 is 1.42 bits per heavy atom. The van der Waals surface area contributed by atoms with E-state index in [9.17, 15) is 4.79 Å². The van der Waals surface area contributed by atoms with Crippen LogP contribution in [0.1, 0.15) is 42.1 Å². The second-order valence-corrected chi connectivity index (χ2v) is 5.65. The molecule has 19 heavy (non-hydrogen) atoms. The fourth-order valence-electron chi connectivity index (χ4n) is 2.71. The van der Waals surface area contributed by atoms with Crippen LogP contribution < -0.4 is 5.32 Å². The predicted octanol–water partition coefficient (Wildman–Crippen LogP) is 0.717. The fourth-order valence-corrected chi connectivity index (χ4v) is 2.71. The first-order chi connectivity index (χ1) is 9.24. The van der Waals surface area contributed by atoms with Gasteiger partial charge in [0.2, 0.25) is 5.82 Å². The molecule has 2 fully saturated rings. The molecule has 1 saturated heterocycles. The highest BCUT2D eigenvalue weighted by Gasteiger charge is 2.36. The van der Waals surface area contributed by atoms with Gasteiger partial charge in [-0.15, -0.1) is 5.10 Å². The van der Waals surface area contributed by atoms with Crippen LogP contribution in [-0.2, 0) is 0 Å². The molecule has 3 rings (SSSR count). The van der Waals surface area contributed by atoms with Gasteiger partial charge in [0, 0.05) is 12.6 Å². The summed E-state index contributed by atoms with van der Waals surface area (Å²) >= 11 is 0. The van der Waals surface area contributed by atoms with Crippen molar-refractivity contribution < 1.29 is 4.79 Å². The van der Waals surface area contributed by atoms with E-state index < -0.39 is 0 Å². The third kappa shape index (κ3) is 2.94. The number of aryl methyl sites for hydroxylation is 1. The van der Waals surface area contributed by atoms with Crippen molar-refractivity contribution in [3.05, 3.63) is 11.6 Å². The molecule has 2 heterocycles. The summed E-state index contributed by atoms with van der Waals surface area (Å²) in [6.07, 6.45) is 4.65. The van der Waals surface area contributed by atoms with Gasteiger partial charge in [-0.2, -0.15) is 0 Å². The Balaban J connectivity index is 1.68. The van der Waals surface area contributed by atoms with Gasteiger partial charge >= 0.3 is 0 Å². The number of aromatic amines is 1.